The lowest BCUT2D eigenvalue weighted by Crippen LogP contribution is -2.02. The zero-order chi connectivity index (χ0) is 9.84. The van der Waals surface area contributed by atoms with Crippen LogP contribution < -0.4 is 0 Å². The van der Waals surface area contributed by atoms with Gasteiger partial charge in [0, 0.05) is 16.8 Å². The van der Waals surface area contributed by atoms with Crippen molar-refractivity contribution in [3.8, 4) is 0 Å². The van der Waals surface area contributed by atoms with Crippen LogP contribution in [0.5, 0.6) is 0 Å². The predicted molar refractivity (Wildman–Crippen MR) is 53.8 cm³/mol. The molecule has 1 nitrogen and oxygen atoms in total. The molecule has 1 rings (SSSR count). The molecule has 1 aromatic rings. The number of hydrogen-bond donors (Lipinski definition) is 0. The molecule has 1 aromatic carbocycles. The van der Waals surface area contributed by atoms with E-state index < -0.39 is 5.82 Å². The number of ketones is 1. The summed E-state index contributed by atoms with van der Waals surface area (Å²) in [4.78, 5) is 11.2. The maximum atomic E-state index is 13.1. The van der Waals surface area contributed by atoms with Crippen molar-refractivity contribution in [3.63, 3.8) is 0 Å². The quantitative estimate of drug-likeness (QED) is 0.605. The van der Waals surface area contributed by atoms with Crippen molar-refractivity contribution in [2.45, 2.75) is 6.42 Å². The second kappa shape index (κ2) is 4.72. The molecule has 0 saturated heterocycles. The van der Waals surface area contributed by atoms with E-state index in [1.165, 1.54) is 12.1 Å². The van der Waals surface area contributed by atoms with Crippen LogP contribution in [-0.2, 0) is 0 Å². The summed E-state index contributed by atoms with van der Waals surface area (Å²) in [6.07, 6.45) is 0.167. The Labute approximate surface area is 89.0 Å². The fourth-order valence-electron chi connectivity index (χ4n) is 0.936. The standard InChI is InChI=1S/C9H7BrClFO/c10-6-1-2-7(8(12)5-6)9(13)3-4-11/h1-2,5H,3-4H2. The van der Waals surface area contributed by atoms with Gasteiger partial charge in [-0.25, -0.2) is 4.39 Å². The molecule has 0 spiro atoms. The smallest absolute Gasteiger partial charge is 0.167 e. The number of carbonyl (C=O) groups is 1. The number of benzene rings is 1. The van der Waals surface area contributed by atoms with Crippen molar-refractivity contribution in [1.29, 1.82) is 0 Å². The van der Waals surface area contributed by atoms with Crippen LogP contribution in [0.4, 0.5) is 4.39 Å². The highest BCUT2D eigenvalue weighted by Gasteiger charge is 2.10. The molecule has 0 saturated carbocycles. The van der Waals surface area contributed by atoms with E-state index in [9.17, 15) is 9.18 Å². The van der Waals surface area contributed by atoms with Gasteiger partial charge in [-0.05, 0) is 18.2 Å². The number of alkyl halides is 1. The largest absolute Gasteiger partial charge is 0.294 e. The zero-order valence-electron chi connectivity index (χ0n) is 6.69. The van der Waals surface area contributed by atoms with Gasteiger partial charge in [0.2, 0.25) is 0 Å². The Morgan fingerprint density at radius 2 is 2.23 bits per heavy atom. The molecular weight excluding hydrogens is 258 g/mol. The molecule has 0 aliphatic carbocycles. The Morgan fingerprint density at radius 3 is 2.77 bits per heavy atom. The lowest BCUT2D eigenvalue weighted by Gasteiger charge is -2.00. The van der Waals surface area contributed by atoms with Crippen LogP contribution in [0.1, 0.15) is 16.8 Å². The lowest BCUT2D eigenvalue weighted by molar-refractivity contribution is 0.0985. The molecule has 0 fully saturated rings. The number of Topliss-reactive ketones (excluding diaryl/α,β-unsaturated/α-hetero) is 1. The van der Waals surface area contributed by atoms with E-state index in [1.807, 2.05) is 0 Å². The minimum atomic E-state index is -0.510. The second-order valence-electron chi connectivity index (χ2n) is 2.49. The summed E-state index contributed by atoms with van der Waals surface area (Å²) in [6, 6.07) is 4.35. The average molecular weight is 266 g/mol. The molecule has 4 heteroatoms. The molecule has 0 amide bonds. The average Bonchev–Trinajstić information content (AvgIpc) is 2.04. The molecule has 0 bridgehead atoms. The van der Waals surface area contributed by atoms with E-state index >= 15 is 0 Å². The highest BCUT2D eigenvalue weighted by atomic mass is 79.9. The summed E-state index contributed by atoms with van der Waals surface area (Å²) >= 11 is 8.48. The van der Waals surface area contributed by atoms with Crippen molar-refractivity contribution in [3.05, 3.63) is 34.1 Å². The van der Waals surface area contributed by atoms with Gasteiger partial charge in [-0.1, -0.05) is 15.9 Å². The van der Waals surface area contributed by atoms with E-state index in [-0.39, 0.29) is 23.6 Å². The number of rotatable bonds is 3. The van der Waals surface area contributed by atoms with Gasteiger partial charge in [0.25, 0.3) is 0 Å². The fraction of sp³-hybridized carbons (Fsp3) is 0.222. The summed E-state index contributed by atoms with van der Waals surface area (Å²) in [5, 5.41) is 0. The molecule has 0 aliphatic heterocycles. The predicted octanol–water partition coefficient (Wildman–Crippen LogP) is 3.40. The number of halogens is 3. The van der Waals surface area contributed by atoms with Crippen molar-refractivity contribution >= 4 is 33.3 Å². The van der Waals surface area contributed by atoms with Gasteiger partial charge in [0.05, 0.1) is 5.56 Å². The molecule has 70 valence electrons. The maximum absolute atomic E-state index is 13.1. The molecule has 0 radical (unpaired) electrons. The van der Waals surface area contributed by atoms with Crippen LogP contribution >= 0.6 is 27.5 Å². The zero-order valence-corrected chi connectivity index (χ0v) is 9.03. The third-order valence-corrected chi connectivity index (χ3v) is 2.24. The van der Waals surface area contributed by atoms with Crippen molar-refractivity contribution in [2.75, 3.05) is 5.88 Å². The Bertz CT molecular complexity index is 327. The van der Waals surface area contributed by atoms with Gasteiger partial charge in [0.15, 0.2) is 5.78 Å². The Hall–Kier alpha value is -0.410. The molecule has 0 aliphatic rings. The first kappa shape index (κ1) is 10.7. The summed E-state index contributed by atoms with van der Waals surface area (Å²) in [6.45, 7) is 0. The van der Waals surface area contributed by atoms with Crippen LogP contribution in [0.3, 0.4) is 0 Å². The first-order chi connectivity index (χ1) is 6.15. The van der Waals surface area contributed by atoms with Gasteiger partial charge in [-0.3, -0.25) is 4.79 Å². The molecule has 13 heavy (non-hydrogen) atoms. The Balaban J connectivity index is 2.95. The normalized spacial score (nSPS) is 10.1. The van der Waals surface area contributed by atoms with Crippen LogP contribution in [0.2, 0.25) is 0 Å². The minimum Gasteiger partial charge on any atom is -0.294 e. The first-order valence-corrected chi connectivity index (χ1v) is 5.02. The van der Waals surface area contributed by atoms with Gasteiger partial charge in [0.1, 0.15) is 5.82 Å². The van der Waals surface area contributed by atoms with Gasteiger partial charge >= 0.3 is 0 Å². The molecule has 0 aromatic heterocycles. The van der Waals surface area contributed by atoms with Crippen molar-refractivity contribution in [1.82, 2.24) is 0 Å². The van der Waals surface area contributed by atoms with Gasteiger partial charge in [-0.15, -0.1) is 11.6 Å². The Morgan fingerprint density at radius 1 is 1.54 bits per heavy atom. The SMILES string of the molecule is O=C(CCCl)c1ccc(Br)cc1F. The summed E-state index contributed by atoms with van der Waals surface area (Å²) in [7, 11) is 0. The second-order valence-corrected chi connectivity index (χ2v) is 3.78. The van der Waals surface area contributed by atoms with E-state index in [2.05, 4.69) is 15.9 Å². The van der Waals surface area contributed by atoms with E-state index in [0.29, 0.717) is 4.47 Å². The molecule has 0 N–H and O–H groups in total. The van der Waals surface area contributed by atoms with E-state index in [0.717, 1.165) is 0 Å². The van der Waals surface area contributed by atoms with Crippen LogP contribution in [0, 0.1) is 5.82 Å². The summed E-state index contributed by atoms with van der Waals surface area (Å²) < 4.78 is 13.7. The van der Waals surface area contributed by atoms with Crippen molar-refractivity contribution < 1.29 is 9.18 Å². The molecule has 0 heterocycles. The third-order valence-electron chi connectivity index (χ3n) is 1.55. The molecule has 0 unspecified atom stereocenters. The van der Waals surface area contributed by atoms with E-state index in [4.69, 9.17) is 11.6 Å². The van der Waals surface area contributed by atoms with Gasteiger partial charge < -0.3 is 0 Å². The maximum Gasteiger partial charge on any atom is 0.167 e. The number of carbonyl (C=O) groups excluding carboxylic acids is 1. The minimum absolute atomic E-state index is 0.101. The van der Waals surface area contributed by atoms with Crippen LogP contribution in [0.25, 0.3) is 0 Å². The first-order valence-electron chi connectivity index (χ1n) is 3.69. The number of hydrogen-bond acceptors (Lipinski definition) is 1. The highest BCUT2D eigenvalue weighted by Crippen LogP contribution is 2.16. The fourth-order valence-corrected chi connectivity index (χ4v) is 1.44. The topological polar surface area (TPSA) is 17.1 Å². The lowest BCUT2D eigenvalue weighted by atomic mass is 10.1. The highest BCUT2D eigenvalue weighted by molar-refractivity contribution is 9.10. The third kappa shape index (κ3) is 2.78. The summed E-state index contributed by atoms with van der Waals surface area (Å²) in [5.74, 6) is -0.557. The molecular formula is C9H7BrClFO. The van der Waals surface area contributed by atoms with Crippen LogP contribution in [-0.4, -0.2) is 11.7 Å². The van der Waals surface area contributed by atoms with Gasteiger partial charge in [-0.2, -0.15) is 0 Å². The van der Waals surface area contributed by atoms with Crippen molar-refractivity contribution in [2.24, 2.45) is 0 Å². The van der Waals surface area contributed by atoms with E-state index in [1.54, 1.807) is 6.07 Å². The molecule has 0 atom stereocenters. The summed E-state index contributed by atoms with van der Waals surface area (Å²) in [5.41, 5.74) is 0.101. The van der Waals surface area contributed by atoms with Crippen LogP contribution in [0.15, 0.2) is 22.7 Å². The Kier molecular flexibility index (Phi) is 3.88. The monoisotopic (exact) mass is 264 g/mol.